The van der Waals surface area contributed by atoms with Crippen molar-refractivity contribution in [3.8, 4) is 0 Å². The number of aromatic nitrogens is 4. The van der Waals surface area contributed by atoms with Gasteiger partial charge in [0, 0.05) is 25.8 Å². The fraction of sp³-hybridized carbons (Fsp3) is 0.500. The highest BCUT2D eigenvalue weighted by atomic mass is 16.5. The third-order valence-corrected chi connectivity index (χ3v) is 4.05. The summed E-state index contributed by atoms with van der Waals surface area (Å²) in [7, 11) is 0. The summed E-state index contributed by atoms with van der Waals surface area (Å²) in [5.41, 5.74) is 0.958. The van der Waals surface area contributed by atoms with Gasteiger partial charge in [0.05, 0.1) is 12.7 Å². The second kappa shape index (κ2) is 7.39. The van der Waals surface area contributed by atoms with Crippen LogP contribution in [0, 0.1) is 0 Å². The van der Waals surface area contributed by atoms with Crippen molar-refractivity contribution in [1.82, 2.24) is 25.1 Å². The first-order valence-electron chi connectivity index (χ1n) is 8.07. The predicted molar refractivity (Wildman–Crippen MR) is 88.4 cm³/mol. The van der Waals surface area contributed by atoms with E-state index in [1.54, 1.807) is 13.1 Å². The number of hydrogen-bond acceptors (Lipinski definition) is 6. The molecule has 3 heterocycles. The minimum atomic E-state index is -0.394. The lowest BCUT2D eigenvalue weighted by atomic mass is 10.2. The number of ether oxygens (including phenoxy) is 1. The largest absolute Gasteiger partial charge is 0.375 e. The number of nitrogens with zero attached hydrogens (tertiary/aromatic N) is 5. The van der Waals surface area contributed by atoms with Crippen LogP contribution < -0.4 is 10.2 Å². The van der Waals surface area contributed by atoms with Crippen molar-refractivity contribution >= 4 is 11.7 Å². The topological polar surface area (TPSA) is 85.2 Å². The molecule has 2 atom stereocenters. The van der Waals surface area contributed by atoms with Gasteiger partial charge in [0.2, 0.25) is 5.91 Å². The van der Waals surface area contributed by atoms with Crippen LogP contribution >= 0.6 is 0 Å². The van der Waals surface area contributed by atoms with Crippen molar-refractivity contribution in [2.24, 2.45) is 0 Å². The third-order valence-electron chi connectivity index (χ3n) is 4.05. The number of amides is 1. The van der Waals surface area contributed by atoms with Crippen molar-refractivity contribution in [2.75, 3.05) is 24.6 Å². The molecule has 8 heteroatoms. The average molecular weight is 330 g/mol. The Hall–Kier alpha value is -2.48. The summed E-state index contributed by atoms with van der Waals surface area (Å²) in [4.78, 5) is 22.7. The summed E-state index contributed by atoms with van der Waals surface area (Å²) in [6.45, 7) is 6.70. The van der Waals surface area contributed by atoms with Crippen molar-refractivity contribution in [2.45, 2.75) is 32.5 Å². The quantitative estimate of drug-likeness (QED) is 0.872. The van der Waals surface area contributed by atoms with E-state index in [1.807, 2.05) is 12.1 Å². The summed E-state index contributed by atoms with van der Waals surface area (Å²) < 4.78 is 7.07. The molecular formula is C16H22N6O2. The highest BCUT2D eigenvalue weighted by molar-refractivity contribution is 5.79. The minimum Gasteiger partial charge on any atom is -0.375 e. The molecule has 1 saturated heterocycles. The van der Waals surface area contributed by atoms with E-state index in [1.165, 1.54) is 17.3 Å². The lowest BCUT2D eigenvalue weighted by molar-refractivity contribution is -0.124. The van der Waals surface area contributed by atoms with E-state index < -0.39 is 6.04 Å². The molecule has 24 heavy (non-hydrogen) atoms. The van der Waals surface area contributed by atoms with Gasteiger partial charge in [-0.15, -0.1) is 0 Å². The fourth-order valence-electron chi connectivity index (χ4n) is 2.61. The molecule has 0 bridgehead atoms. The molecule has 2 aromatic rings. The lowest BCUT2D eigenvalue weighted by Gasteiger charge is -2.32. The highest BCUT2D eigenvalue weighted by Gasteiger charge is 2.18. The van der Waals surface area contributed by atoms with E-state index in [9.17, 15) is 4.79 Å². The van der Waals surface area contributed by atoms with Gasteiger partial charge in [-0.25, -0.2) is 14.6 Å². The van der Waals surface area contributed by atoms with Crippen molar-refractivity contribution in [1.29, 1.82) is 0 Å². The minimum absolute atomic E-state index is 0.105. The Kier molecular flexibility index (Phi) is 5.05. The molecule has 1 aliphatic heterocycles. The molecule has 0 aromatic carbocycles. The zero-order valence-corrected chi connectivity index (χ0v) is 13.9. The van der Waals surface area contributed by atoms with E-state index in [0.717, 1.165) is 31.1 Å². The number of anilines is 1. The molecule has 1 amide bonds. The SMILES string of the molecule is CC1CN(c2ccc(CNC(=O)C(C)n3cncn3)cn2)CCO1. The summed E-state index contributed by atoms with van der Waals surface area (Å²) >= 11 is 0. The molecule has 128 valence electrons. The van der Waals surface area contributed by atoms with Gasteiger partial charge in [0.1, 0.15) is 24.5 Å². The number of pyridine rings is 1. The molecule has 0 aliphatic carbocycles. The predicted octanol–water partition coefficient (Wildman–Crippen LogP) is 0.776. The zero-order chi connectivity index (χ0) is 16.9. The number of carbonyl (C=O) groups is 1. The monoisotopic (exact) mass is 330 g/mol. The number of nitrogens with one attached hydrogen (secondary N) is 1. The van der Waals surface area contributed by atoms with Gasteiger partial charge in [-0.2, -0.15) is 5.10 Å². The molecule has 1 aliphatic rings. The molecule has 2 unspecified atom stereocenters. The second-order valence-corrected chi connectivity index (χ2v) is 5.92. The number of hydrogen-bond donors (Lipinski definition) is 1. The zero-order valence-electron chi connectivity index (χ0n) is 13.9. The maximum Gasteiger partial charge on any atom is 0.244 e. The molecule has 3 rings (SSSR count). The van der Waals surface area contributed by atoms with Crippen LogP contribution in [-0.4, -0.2) is 51.5 Å². The molecule has 1 fully saturated rings. The Balaban J connectivity index is 1.53. The molecule has 0 radical (unpaired) electrons. The van der Waals surface area contributed by atoms with E-state index in [4.69, 9.17) is 4.74 Å². The van der Waals surface area contributed by atoms with Crippen molar-refractivity contribution < 1.29 is 9.53 Å². The van der Waals surface area contributed by atoms with Crippen LogP contribution in [0.2, 0.25) is 0 Å². The third kappa shape index (κ3) is 3.88. The Morgan fingerprint density at radius 1 is 1.50 bits per heavy atom. The fourth-order valence-corrected chi connectivity index (χ4v) is 2.61. The van der Waals surface area contributed by atoms with E-state index in [2.05, 4.69) is 32.2 Å². The van der Waals surface area contributed by atoms with Crippen LogP contribution in [0.4, 0.5) is 5.82 Å². The van der Waals surface area contributed by atoms with Crippen molar-refractivity contribution in [3.63, 3.8) is 0 Å². The maximum atomic E-state index is 12.1. The standard InChI is InChI=1S/C16H22N6O2/c1-12-9-21(5-6-24-12)15-4-3-14(7-18-15)8-19-16(23)13(2)22-11-17-10-20-22/h3-4,7,10-13H,5-6,8-9H2,1-2H3,(H,19,23). The van der Waals surface area contributed by atoms with Crippen LogP contribution in [0.1, 0.15) is 25.5 Å². The van der Waals surface area contributed by atoms with E-state index in [0.29, 0.717) is 6.54 Å². The number of carbonyl (C=O) groups excluding carboxylic acids is 1. The van der Waals surface area contributed by atoms with Gasteiger partial charge in [0.15, 0.2) is 0 Å². The van der Waals surface area contributed by atoms with Gasteiger partial charge >= 0.3 is 0 Å². The Labute approximate surface area is 140 Å². The summed E-state index contributed by atoms with van der Waals surface area (Å²) in [6.07, 6.45) is 4.97. The Morgan fingerprint density at radius 3 is 3.04 bits per heavy atom. The smallest absolute Gasteiger partial charge is 0.244 e. The summed E-state index contributed by atoms with van der Waals surface area (Å²) in [6, 6.07) is 3.58. The Bertz CT molecular complexity index is 658. The molecule has 1 N–H and O–H groups in total. The van der Waals surface area contributed by atoms with Gasteiger partial charge < -0.3 is 15.0 Å². The van der Waals surface area contributed by atoms with Gasteiger partial charge in [-0.1, -0.05) is 6.07 Å². The number of rotatable bonds is 5. The molecule has 0 spiro atoms. The van der Waals surface area contributed by atoms with Crippen LogP contribution in [0.3, 0.4) is 0 Å². The van der Waals surface area contributed by atoms with Gasteiger partial charge in [0.25, 0.3) is 0 Å². The van der Waals surface area contributed by atoms with Crippen LogP contribution in [-0.2, 0) is 16.1 Å². The summed E-state index contributed by atoms with van der Waals surface area (Å²) in [5.74, 6) is 0.836. The van der Waals surface area contributed by atoms with E-state index in [-0.39, 0.29) is 12.0 Å². The molecule has 8 nitrogen and oxygen atoms in total. The van der Waals surface area contributed by atoms with Crippen LogP contribution in [0.25, 0.3) is 0 Å². The van der Waals surface area contributed by atoms with Gasteiger partial charge in [-0.05, 0) is 25.5 Å². The van der Waals surface area contributed by atoms with Crippen LogP contribution in [0.5, 0.6) is 0 Å². The maximum absolute atomic E-state index is 12.1. The van der Waals surface area contributed by atoms with Crippen LogP contribution in [0.15, 0.2) is 31.0 Å². The first kappa shape index (κ1) is 16.4. The molecular weight excluding hydrogens is 308 g/mol. The lowest BCUT2D eigenvalue weighted by Crippen LogP contribution is -2.41. The van der Waals surface area contributed by atoms with Crippen molar-refractivity contribution in [3.05, 3.63) is 36.5 Å². The Morgan fingerprint density at radius 2 is 2.38 bits per heavy atom. The number of morpholine rings is 1. The first-order chi connectivity index (χ1) is 11.6. The second-order valence-electron chi connectivity index (χ2n) is 5.92. The molecule has 0 saturated carbocycles. The summed E-state index contributed by atoms with van der Waals surface area (Å²) in [5, 5.41) is 6.87. The van der Waals surface area contributed by atoms with E-state index >= 15 is 0 Å². The molecule has 2 aromatic heterocycles. The highest BCUT2D eigenvalue weighted by Crippen LogP contribution is 2.15. The first-order valence-corrected chi connectivity index (χ1v) is 8.07. The van der Waals surface area contributed by atoms with Gasteiger partial charge in [-0.3, -0.25) is 4.79 Å². The average Bonchev–Trinajstić information content (AvgIpc) is 3.14. The normalized spacial score (nSPS) is 19.1.